The van der Waals surface area contributed by atoms with Gasteiger partial charge in [-0.3, -0.25) is 0 Å². The summed E-state index contributed by atoms with van der Waals surface area (Å²) < 4.78 is 5.76. The number of nitrogens with two attached hydrogens (primary N) is 1. The van der Waals surface area contributed by atoms with E-state index in [1.807, 2.05) is 31.2 Å². The van der Waals surface area contributed by atoms with Crippen LogP contribution in [0.2, 0.25) is 0 Å². The molecule has 0 bridgehead atoms. The minimum Gasteiger partial charge on any atom is -0.489 e. The molecular formula is C17H21NO. The van der Waals surface area contributed by atoms with Crippen LogP contribution in [0.3, 0.4) is 0 Å². The first kappa shape index (κ1) is 13.6. The predicted molar refractivity (Wildman–Crippen MR) is 79.2 cm³/mol. The molecule has 1 atom stereocenters. The zero-order valence-electron chi connectivity index (χ0n) is 11.6. The first-order valence-electron chi connectivity index (χ1n) is 6.75. The summed E-state index contributed by atoms with van der Waals surface area (Å²) in [5.74, 6) is 0.879. The van der Waals surface area contributed by atoms with Crippen molar-refractivity contribution in [2.24, 2.45) is 5.73 Å². The Hall–Kier alpha value is -1.80. The van der Waals surface area contributed by atoms with Gasteiger partial charge >= 0.3 is 0 Å². The molecule has 19 heavy (non-hydrogen) atoms. The zero-order chi connectivity index (χ0) is 13.7. The lowest BCUT2D eigenvalue weighted by Gasteiger charge is -2.09. The van der Waals surface area contributed by atoms with Crippen LogP contribution in [0.15, 0.2) is 48.5 Å². The highest BCUT2D eigenvalue weighted by Crippen LogP contribution is 2.17. The number of aryl methyl sites for hydroxylation is 1. The Kier molecular flexibility index (Phi) is 4.58. The van der Waals surface area contributed by atoms with E-state index in [0.29, 0.717) is 6.61 Å². The van der Waals surface area contributed by atoms with Gasteiger partial charge in [0.25, 0.3) is 0 Å². The lowest BCUT2D eigenvalue weighted by molar-refractivity contribution is 0.306. The van der Waals surface area contributed by atoms with Gasteiger partial charge in [-0.2, -0.15) is 0 Å². The number of ether oxygens (including phenoxy) is 1. The van der Waals surface area contributed by atoms with Crippen LogP contribution in [0.5, 0.6) is 5.75 Å². The molecule has 0 aliphatic heterocycles. The van der Waals surface area contributed by atoms with Crippen molar-refractivity contribution < 1.29 is 4.74 Å². The molecule has 0 radical (unpaired) electrons. The first-order valence-corrected chi connectivity index (χ1v) is 6.75. The SMILES string of the molecule is CCc1ccc(COc2ccc([C@@H](C)N)cc2)cc1. The van der Waals surface area contributed by atoms with E-state index in [4.69, 9.17) is 10.5 Å². The zero-order valence-corrected chi connectivity index (χ0v) is 11.6. The highest BCUT2D eigenvalue weighted by Gasteiger charge is 2.00. The predicted octanol–water partition coefficient (Wildman–Crippen LogP) is 3.85. The Balaban J connectivity index is 1.94. The summed E-state index contributed by atoms with van der Waals surface area (Å²) in [5.41, 5.74) is 9.48. The van der Waals surface area contributed by atoms with Gasteiger partial charge in [-0.1, -0.05) is 43.3 Å². The second-order valence-corrected chi connectivity index (χ2v) is 4.82. The third kappa shape index (κ3) is 3.83. The monoisotopic (exact) mass is 255 g/mol. The summed E-state index contributed by atoms with van der Waals surface area (Å²) in [6.07, 6.45) is 1.07. The van der Waals surface area contributed by atoms with Crippen molar-refractivity contribution in [3.8, 4) is 5.75 Å². The molecule has 0 spiro atoms. The van der Waals surface area contributed by atoms with Crippen LogP contribution in [0.4, 0.5) is 0 Å². The maximum absolute atomic E-state index is 5.82. The number of hydrogen-bond donors (Lipinski definition) is 1. The van der Waals surface area contributed by atoms with Crippen LogP contribution in [0, 0.1) is 0 Å². The van der Waals surface area contributed by atoms with Crippen LogP contribution in [-0.2, 0) is 13.0 Å². The third-order valence-corrected chi connectivity index (χ3v) is 3.24. The summed E-state index contributed by atoms with van der Waals surface area (Å²) in [4.78, 5) is 0. The molecule has 2 N–H and O–H groups in total. The first-order chi connectivity index (χ1) is 9.19. The van der Waals surface area contributed by atoms with Crippen molar-refractivity contribution in [3.63, 3.8) is 0 Å². The lowest BCUT2D eigenvalue weighted by Crippen LogP contribution is -2.04. The average Bonchev–Trinajstić information content (AvgIpc) is 2.46. The molecular weight excluding hydrogens is 234 g/mol. The fourth-order valence-corrected chi connectivity index (χ4v) is 1.91. The van der Waals surface area contributed by atoms with Crippen LogP contribution in [0.25, 0.3) is 0 Å². The maximum Gasteiger partial charge on any atom is 0.119 e. The van der Waals surface area contributed by atoms with Gasteiger partial charge in [0.15, 0.2) is 0 Å². The molecule has 2 rings (SSSR count). The number of hydrogen-bond acceptors (Lipinski definition) is 2. The molecule has 0 saturated heterocycles. The maximum atomic E-state index is 5.82. The largest absolute Gasteiger partial charge is 0.489 e. The van der Waals surface area contributed by atoms with Crippen LogP contribution in [0.1, 0.15) is 36.6 Å². The molecule has 0 aliphatic carbocycles. The molecule has 0 saturated carbocycles. The van der Waals surface area contributed by atoms with Gasteiger partial charge in [-0.05, 0) is 42.2 Å². The highest BCUT2D eigenvalue weighted by atomic mass is 16.5. The van der Waals surface area contributed by atoms with Gasteiger partial charge in [-0.15, -0.1) is 0 Å². The lowest BCUT2D eigenvalue weighted by atomic mass is 10.1. The van der Waals surface area contributed by atoms with Crippen molar-refractivity contribution in [3.05, 3.63) is 65.2 Å². The number of rotatable bonds is 5. The third-order valence-electron chi connectivity index (χ3n) is 3.24. The van der Waals surface area contributed by atoms with Crippen molar-refractivity contribution >= 4 is 0 Å². The Labute approximate surface area is 115 Å². The minimum atomic E-state index is 0.0654. The van der Waals surface area contributed by atoms with Gasteiger partial charge in [0.1, 0.15) is 12.4 Å². The normalized spacial score (nSPS) is 12.2. The minimum absolute atomic E-state index is 0.0654. The van der Waals surface area contributed by atoms with Crippen LogP contribution in [-0.4, -0.2) is 0 Å². The Morgan fingerprint density at radius 3 is 2.05 bits per heavy atom. The Morgan fingerprint density at radius 2 is 1.53 bits per heavy atom. The van der Waals surface area contributed by atoms with E-state index in [2.05, 4.69) is 31.2 Å². The molecule has 2 nitrogen and oxygen atoms in total. The fraction of sp³-hybridized carbons (Fsp3) is 0.294. The van der Waals surface area contributed by atoms with Crippen molar-refractivity contribution in [2.75, 3.05) is 0 Å². The summed E-state index contributed by atoms with van der Waals surface area (Å²) >= 11 is 0. The van der Waals surface area contributed by atoms with Crippen LogP contribution < -0.4 is 10.5 Å². The topological polar surface area (TPSA) is 35.2 Å². The van der Waals surface area contributed by atoms with Gasteiger partial charge in [0, 0.05) is 6.04 Å². The van der Waals surface area contributed by atoms with E-state index in [0.717, 1.165) is 17.7 Å². The van der Waals surface area contributed by atoms with Crippen molar-refractivity contribution in [1.29, 1.82) is 0 Å². The molecule has 0 amide bonds. The van der Waals surface area contributed by atoms with E-state index >= 15 is 0 Å². The molecule has 100 valence electrons. The van der Waals surface area contributed by atoms with Crippen molar-refractivity contribution in [2.45, 2.75) is 32.9 Å². The second kappa shape index (κ2) is 6.39. The quantitative estimate of drug-likeness (QED) is 0.880. The summed E-state index contributed by atoms with van der Waals surface area (Å²) in [7, 11) is 0. The standard InChI is InChI=1S/C17H21NO/c1-3-14-4-6-15(7-5-14)12-19-17-10-8-16(9-11-17)13(2)18/h4-11,13H,3,12,18H2,1-2H3/t13-/m1/s1. The van der Waals surface area contributed by atoms with Crippen LogP contribution >= 0.6 is 0 Å². The van der Waals surface area contributed by atoms with Crippen molar-refractivity contribution in [1.82, 2.24) is 0 Å². The van der Waals surface area contributed by atoms with E-state index < -0.39 is 0 Å². The van der Waals surface area contributed by atoms with Gasteiger partial charge < -0.3 is 10.5 Å². The molecule has 2 aromatic carbocycles. The van der Waals surface area contributed by atoms with E-state index in [-0.39, 0.29) is 6.04 Å². The van der Waals surface area contributed by atoms with Gasteiger partial charge in [0.2, 0.25) is 0 Å². The smallest absolute Gasteiger partial charge is 0.119 e. The molecule has 0 aromatic heterocycles. The van der Waals surface area contributed by atoms with E-state index in [9.17, 15) is 0 Å². The van der Waals surface area contributed by atoms with Gasteiger partial charge in [0.05, 0.1) is 0 Å². The fourth-order valence-electron chi connectivity index (χ4n) is 1.91. The average molecular weight is 255 g/mol. The molecule has 0 heterocycles. The summed E-state index contributed by atoms with van der Waals surface area (Å²) in [6, 6.07) is 16.6. The molecule has 0 aliphatic rings. The molecule has 0 fully saturated rings. The van der Waals surface area contributed by atoms with Gasteiger partial charge in [-0.25, -0.2) is 0 Å². The van der Waals surface area contributed by atoms with E-state index in [1.54, 1.807) is 0 Å². The number of benzene rings is 2. The highest BCUT2D eigenvalue weighted by molar-refractivity contribution is 5.29. The molecule has 2 aromatic rings. The second-order valence-electron chi connectivity index (χ2n) is 4.82. The molecule has 0 unspecified atom stereocenters. The summed E-state index contributed by atoms with van der Waals surface area (Å²) in [6.45, 7) is 4.73. The Morgan fingerprint density at radius 1 is 0.947 bits per heavy atom. The molecule has 2 heteroatoms. The van der Waals surface area contributed by atoms with E-state index in [1.165, 1.54) is 11.1 Å². The Bertz CT molecular complexity index is 500. The summed E-state index contributed by atoms with van der Waals surface area (Å²) in [5, 5.41) is 0.